The fourth-order valence-corrected chi connectivity index (χ4v) is 2.02. The van der Waals surface area contributed by atoms with E-state index in [1.165, 1.54) is 0 Å². The highest BCUT2D eigenvalue weighted by Crippen LogP contribution is 2.19. The quantitative estimate of drug-likeness (QED) is 0.765. The largest absolute Gasteiger partial charge is 0.440 e. The third kappa shape index (κ3) is 3.35. The highest BCUT2D eigenvalue weighted by Gasteiger charge is 2.12. The van der Waals surface area contributed by atoms with Crippen molar-refractivity contribution in [1.82, 2.24) is 4.98 Å². The van der Waals surface area contributed by atoms with E-state index in [1.54, 1.807) is 18.0 Å². The second-order valence-electron chi connectivity index (χ2n) is 3.62. The fourth-order valence-electron chi connectivity index (χ4n) is 1.03. The molecule has 0 spiro atoms. The molecule has 3 nitrogen and oxygen atoms in total. The van der Waals surface area contributed by atoms with E-state index in [4.69, 9.17) is 10.2 Å². The smallest absolute Gasteiger partial charge is 0.255 e. The third-order valence-corrected chi connectivity index (χ3v) is 3.36. The van der Waals surface area contributed by atoms with Gasteiger partial charge in [0.1, 0.15) is 6.26 Å². The molecule has 0 aliphatic heterocycles. The number of hydrogen-bond donors (Lipinski definition) is 1. The van der Waals surface area contributed by atoms with Crippen molar-refractivity contribution in [2.75, 3.05) is 5.75 Å². The van der Waals surface area contributed by atoms with Crippen LogP contribution in [0.2, 0.25) is 0 Å². The molecule has 1 aromatic heterocycles. The lowest BCUT2D eigenvalue weighted by Crippen LogP contribution is -2.30. The molecule has 1 heterocycles. The Morgan fingerprint density at radius 2 is 2.36 bits per heavy atom. The average molecular weight is 214 g/mol. The minimum absolute atomic E-state index is 0.220. The average Bonchev–Trinajstić information content (AvgIpc) is 2.59. The number of hydrogen-bond acceptors (Lipinski definition) is 4. The molecule has 2 atom stereocenters. The van der Waals surface area contributed by atoms with E-state index < -0.39 is 0 Å². The Hall–Kier alpha value is -0.480. The van der Waals surface area contributed by atoms with Crippen LogP contribution in [0, 0.1) is 12.8 Å². The third-order valence-electron chi connectivity index (χ3n) is 2.37. The molecule has 0 fully saturated rings. The highest BCUT2D eigenvalue weighted by atomic mass is 32.2. The van der Waals surface area contributed by atoms with Crippen LogP contribution < -0.4 is 5.73 Å². The summed E-state index contributed by atoms with van der Waals surface area (Å²) in [7, 11) is 0. The number of oxazole rings is 1. The number of aryl methyl sites for hydroxylation is 1. The SMILES string of the molecule is CCC(C)C(N)CSc1nc(C)co1. The van der Waals surface area contributed by atoms with Crippen LogP contribution in [0.15, 0.2) is 15.9 Å². The minimum Gasteiger partial charge on any atom is -0.440 e. The Bertz CT molecular complexity index is 275. The molecule has 0 saturated heterocycles. The van der Waals surface area contributed by atoms with Gasteiger partial charge in [-0.25, -0.2) is 4.98 Å². The van der Waals surface area contributed by atoms with Crippen LogP contribution in [0.25, 0.3) is 0 Å². The maximum absolute atomic E-state index is 5.99. The predicted molar refractivity (Wildman–Crippen MR) is 59.4 cm³/mol. The Balaban J connectivity index is 2.33. The van der Waals surface area contributed by atoms with Gasteiger partial charge in [0, 0.05) is 11.8 Å². The van der Waals surface area contributed by atoms with Crippen LogP contribution in [0.4, 0.5) is 0 Å². The molecule has 80 valence electrons. The Morgan fingerprint density at radius 3 is 2.86 bits per heavy atom. The number of aromatic nitrogens is 1. The van der Waals surface area contributed by atoms with E-state index in [2.05, 4.69) is 18.8 Å². The maximum Gasteiger partial charge on any atom is 0.255 e. The molecule has 1 rings (SSSR count). The van der Waals surface area contributed by atoms with Gasteiger partial charge in [-0.05, 0) is 12.8 Å². The zero-order valence-electron chi connectivity index (χ0n) is 8.99. The summed E-state index contributed by atoms with van der Waals surface area (Å²) in [4.78, 5) is 4.21. The van der Waals surface area contributed by atoms with Crippen molar-refractivity contribution in [3.63, 3.8) is 0 Å². The summed E-state index contributed by atoms with van der Waals surface area (Å²) in [6, 6.07) is 0.220. The molecule has 0 aliphatic carbocycles. The summed E-state index contributed by atoms with van der Waals surface area (Å²) in [6.07, 6.45) is 2.78. The molecule has 0 saturated carbocycles. The molecule has 0 aromatic carbocycles. The van der Waals surface area contributed by atoms with Crippen molar-refractivity contribution in [2.45, 2.75) is 38.5 Å². The number of nitrogens with zero attached hydrogens (tertiary/aromatic N) is 1. The van der Waals surface area contributed by atoms with Crippen LogP contribution in [-0.4, -0.2) is 16.8 Å². The van der Waals surface area contributed by atoms with E-state index in [1.807, 2.05) is 6.92 Å². The van der Waals surface area contributed by atoms with Crippen LogP contribution in [0.3, 0.4) is 0 Å². The second-order valence-corrected chi connectivity index (χ2v) is 4.59. The van der Waals surface area contributed by atoms with E-state index in [0.717, 1.165) is 23.1 Å². The maximum atomic E-state index is 5.99. The molecule has 2 N–H and O–H groups in total. The summed E-state index contributed by atoms with van der Waals surface area (Å²) in [6.45, 7) is 6.25. The van der Waals surface area contributed by atoms with Crippen molar-refractivity contribution in [1.29, 1.82) is 0 Å². The van der Waals surface area contributed by atoms with Crippen LogP contribution in [-0.2, 0) is 0 Å². The molecule has 0 aliphatic rings. The van der Waals surface area contributed by atoms with Gasteiger partial charge < -0.3 is 10.2 Å². The van der Waals surface area contributed by atoms with E-state index in [9.17, 15) is 0 Å². The van der Waals surface area contributed by atoms with E-state index in [-0.39, 0.29) is 6.04 Å². The molecule has 2 unspecified atom stereocenters. The summed E-state index contributed by atoms with van der Waals surface area (Å²) < 4.78 is 5.22. The van der Waals surface area contributed by atoms with Crippen molar-refractivity contribution in [3.05, 3.63) is 12.0 Å². The first-order valence-electron chi connectivity index (χ1n) is 4.94. The standard InChI is InChI=1S/C10H18N2OS/c1-4-7(2)9(11)6-14-10-12-8(3)5-13-10/h5,7,9H,4,6,11H2,1-3H3. The predicted octanol–water partition coefficient (Wildman–Crippen LogP) is 2.45. The van der Waals surface area contributed by atoms with Gasteiger partial charge in [-0.2, -0.15) is 0 Å². The molecule has 4 heteroatoms. The van der Waals surface area contributed by atoms with Gasteiger partial charge in [0.2, 0.25) is 0 Å². The number of thioether (sulfide) groups is 1. The lowest BCUT2D eigenvalue weighted by atomic mass is 10.0. The monoisotopic (exact) mass is 214 g/mol. The lowest BCUT2D eigenvalue weighted by molar-refractivity contribution is 0.448. The lowest BCUT2D eigenvalue weighted by Gasteiger charge is -2.16. The van der Waals surface area contributed by atoms with Gasteiger partial charge in [0.25, 0.3) is 5.22 Å². The van der Waals surface area contributed by atoms with Crippen LogP contribution in [0.1, 0.15) is 26.0 Å². The fraction of sp³-hybridized carbons (Fsp3) is 0.700. The zero-order valence-corrected chi connectivity index (χ0v) is 9.80. The first kappa shape index (κ1) is 11.6. The number of nitrogens with two attached hydrogens (primary N) is 1. The molecule has 14 heavy (non-hydrogen) atoms. The Kier molecular flexibility index (Phi) is 4.48. The van der Waals surface area contributed by atoms with E-state index >= 15 is 0 Å². The van der Waals surface area contributed by atoms with Crippen molar-refractivity contribution < 1.29 is 4.42 Å². The molecular formula is C10H18N2OS. The van der Waals surface area contributed by atoms with Crippen LogP contribution >= 0.6 is 11.8 Å². The minimum atomic E-state index is 0.220. The molecule has 0 bridgehead atoms. The summed E-state index contributed by atoms with van der Waals surface area (Å²) in [5.41, 5.74) is 6.91. The summed E-state index contributed by atoms with van der Waals surface area (Å²) >= 11 is 1.59. The van der Waals surface area contributed by atoms with Gasteiger partial charge in [0.15, 0.2) is 0 Å². The van der Waals surface area contributed by atoms with Crippen LogP contribution in [0.5, 0.6) is 0 Å². The summed E-state index contributed by atoms with van der Waals surface area (Å²) in [5.74, 6) is 1.42. The van der Waals surface area contributed by atoms with Gasteiger partial charge in [-0.15, -0.1) is 0 Å². The molecule has 1 aromatic rings. The first-order chi connectivity index (χ1) is 6.63. The Morgan fingerprint density at radius 1 is 1.64 bits per heavy atom. The summed E-state index contributed by atoms with van der Waals surface area (Å²) in [5, 5.41) is 0.723. The highest BCUT2D eigenvalue weighted by molar-refractivity contribution is 7.99. The molecule has 0 radical (unpaired) electrons. The van der Waals surface area contributed by atoms with Gasteiger partial charge in [-0.1, -0.05) is 32.0 Å². The van der Waals surface area contributed by atoms with Crippen molar-refractivity contribution in [2.24, 2.45) is 11.7 Å². The molecule has 0 amide bonds. The topological polar surface area (TPSA) is 52.0 Å². The van der Waals surface area contributed by atoms with Gasteiger partial charge in [-0.3, -0.25) is 0 Å². The Labute approximate surface area is 89.5 Å². The number of rotatable bonds is 5. The second kappa shape index (κ2) is 5.41. The van der Waals surface area contributed by atoms with E-state index in [0.29, 0.717) is 5.92 Å². The van der Waals surface area contributed by atoms with Crippen molar-refractivity contribution in [3.8, 4) is 0 Å². The normalized spacial score (nSPS) is 15.4. The van der Waals surface area contributed by atoms with Gasteiger partial charge >= 0.3 is 0 Å². The van der Waals surface area contributed by atoms with Gasteiger partial charge in [0.05, 0.1) is 5.69 Å². The zero-order chi connectivity index (χ0) is 10.6. The van der Waals surface area contributed by atoms with Crippen molar-refractivity contribution >= 4 is 11.8 Å². The molecular weight excluding hydrogens is 196 g/mol. The first-order valence-corrected chi connectivity index (χ1v) is 5.92.